The molecule has 6 heteroatoms. The first-order chi connectivity index (χ1) is 9.52. The highest BCUT2D eigenvalue weighted by Gasteiger charge is 2.12. The molecule has 0 unspecified atom stereocenters. The molecule has 0 bridgehead atoms. The molecule has 1 aromatic heterocycles. The number of aromatic nitrogens is 1. The fourth-order valence-electron chi connectivity index (χ4n) is 1.98. The van der Waals surface area contributed by atoms with Crippen molar-refractivity contribution in [2.45, 2.75) is 19.8 Å². The second kappa shape index (κ2) is 6.19. The zero-order chi connectivity index (χ0) is 14.6. The molecule has 0 aliphatic carbocycles. The Bertz CT molecular complexity index is 699. The zero-order valence-electron chi connectivity index (χ0n) is 11.5. The average Bonchev–Trinajstić information content (AvgIpc) is 2.39. The van der Waals surface area contributed by atoms with Gasteiger partial charge < -0.3 is 5.73 Å². The lowest BCUT2D eigenvalue weighted by molar-refractivity contribution is 0.597. The van der Waals surface area contributed by atoms with Crippen molar-refractivity contribution < 1.29 is 8.42 Å². The van der Waals surface area contributed by atoms with Gasteiger partial charge in [0.15, 0.2) is 0 Å². The van der Waals surface area contributed by atoms with Crippen LogP contribution in [0, 0.1) is 6.92 Å². The van der Waals surface area contributed by atoms with Gasteiger partial charge in [-0.15, -0.1) is 0 Å². The lowest BCUT2D eigenvalue weighted by atomic mass is 10.2. The monoisotopic (exact) mass is 293 g/mol. The van der Waals surface area contributed by atoms with Gasteiger partial charge in [-0.05, 0) is 38.4 Å². The van der Waals surface area contributed by atoms with E-state index in [1.807, 2.05) is 31.2 Å². The smallest absolute Gasteiger partial charge is 0.232 e. The Hall–Kier alpha value is -1.66. The molecule has 0 amide bonds. The molecule has 0 fully saturated rings. The Morgan fingerprint density at radius 2 is 2.00 bits per heavy atom. The van der Waals surface area contributed by atoms with E-state index in [1.165, 1.54) is 0 Å². The lowest BCUT2D eigenvalue weighted by Gasteiger charge is -2.10. The molecule has 20 heavy (non-hydrogen) atoms. The number of anilines is 1. The van der Waals surface area contributed by atoms with Crippen molar-refractivity contribution in [3.05, 3.63) is 36.0 Å². The number of para-hydroxylation sites is 1. The summed E-state index contributed by atoms with van der Waals surface area (Å²) < 4.78 is 26.7. The third-order valence-corrected chi connectivity index (χ3v) is 4.35. The fourth-order valence-corrected chi connectivity index (χ4v) is 3.17. The van der Waals surface area contributed by atoms with E-state index < -0.39 is 10.0 Å². The van der Waals surface area contributed by atoms with Crippen LogP contribution >= 0.6 is 0 Å². The summed E-state index contributed by atoms with van der Waals surface area (Å²) in [7, 11) is -3.36. The number of nitrogens with one attached hydrogen (secondary N) is 1. The Morgan fingerprint density at radius 1 is 1.20 bits per heavy atom. The molecule has 2 rings (SSSR count). The van der Waals surface area contributed by atoms with E-state index >= 15 is 0 Å². The third-order valence-electron chi connectivity index (χ3n) is 2.99. The van der Waals surface area contributed by atoms with Gasteiger partial charge in [0.2, 0.25) is 10.0 Å². The highest BCUT2D eigenvalue weighted by atomic mass is 32.2. The maximum atomic E-state index is 12.0. The first-order valence-electron chi connectivity index (χ1n) is 6.59. The number of fused-ring (bicyclic) bond motifs is 1. The van der Waals surface area contributed by atoms with Gasteiger partial charge >= 0.3 is 0 Å². The molecule has 0 radical (unpaired) electrons. The summed E-state index contributed by atoms with van der Waals surface area (Å²) in [6.45, 7) is 2.39. The van der Waals surface area contributed by atoms with Crippen LogP contribution < -0.4 is 10.5 Å². The first kappa shape index (κ1) is 14.7. The maximum absolute atomic E-state index is 12.0. The number of aryl methyl sites for hydroxylation is 1. The van der Waals surface area contributed by atoms with Crippen LogP contribution in [0.25, 0.3) is 10.9 Å². The van der Waals surface area contributed by atoms with Gasteiger partial charge in [0.05, 0.1) is 17.0 Å². The average molecular weight is 293 g/mol. The second-order valence-electron chi connectivity index (χ2n) is 4.75. The fraction of sp³-hybridized carbons (Fsp3) is 0.357. The van der Waals surface area contributed by atoms with Gasteiger partial charge in [0, 0.05) is 11.1 Å². The van der Waals surface area contributed by atoms with Crippen molar-refractivity contribution in [1.29, 1.82) is 0 Å². The molecule has 3 N–H and O–H groups in total. The Balaban J connectivity index is 2.27. The number of benzene rings is 1. The summed E-state index contributed by atoms with van der Waals surface area (Å²) in [5, 5.41) is 0.915. The van der Waals surface area contributed by atoms with Crippen molar-refractivity contribution in [2.24, 2.45) is 5.73 Å². The number of rotatable bonds is 6. The number of pyridine rings is 1. The summed E-state index contributed by atoms with van der Waals surface area (Å²) in [6, 6.07) is 9.30. The molecule has 5 nitrogen and oxygen atoms in total. The SMILES string of the molecule is Cc1ccc2cccc(NS(=O)(=O)CCCCN)c2n1. The number of nitrogens with two attached hydrogens (primary N) is 1. The van der Waals surface area contributed by atoms with Crippen LogP contribution in [0.4, 0.5) is 5.69 Å². The van der Waals surface area contributed by atoms with E-state index in [9.17, 15) is 8.42 Å². The van der Waals surface area contributed by atoms with Crippen LogP contribution in [-0.4, -0.2) is 25.7 Å². The quantitative estimate of drug-likeness (QED) is 0.798. The molecule has 0 saturated carbocycles. The number of unbranched alkanes of at least 4 members (excludes halogenated alkanes) is 1. The Morgan fingerprint density at radius 3 is 2.75 bits per heavy atom. The van der Waals surface area contributed by atoms with Crippen LogP contribution in [0.3, 0.4) is 0 Å². The summed E-state index contributed by atoms with van der Waals surface area (Å²) >= 11 is 0. The van der Waals surface area contributed by atoms with Gasteiger partial charge in [-0.1, -0.05) is 18.2 Å². The first-order valence-corrected chi connectivity index (χ1v) is 8.24. The highest BCUT2D eigenvalue weighted by Crippen LogP contribution is 2.22. The molecular weight excluding hydrogens is 274 g/mol. The predicted octanol–water partition coefficient (Wildman–Crippen LogP) is 2.02. The van der Waals surface area contributed by atoms with Gasteiger partial charge in [-0.3, -0.25) is 9.71 Å². The summed E-state index contributed by atoms with van der Waals surface area (Å²) in [4.78, 5) is 4.41. The van der Waals surface area contributed by atoms with Crippen molar-refractivity contribution in [2.75, 3.05) is 17.0 Å². The maximum Gasteiger partial charge on any atom is 0.232 e. The van der Waals surface area contributed by atoms with Crippen molar-refractivity contribution in [3.8, 4) is 0 Å². The van der Waals surface area contributed by atoms with E-state index in [0.29, 0.717) is 30.6 Å². The van der Waals surface area contributed by atoms with Crippen LogP contribution in [0.5, 0.6) is 0 Å². The molecule has 0 atom stereocenters. The molecule has 108 valence electrons. The van der Waals surface area contributed by atoms with Gasteiger partial charge in [-0.2, -0.15) is 0 Å². The summed E-state index contributed by atoms with van der Waals surface area (Å²) in [5.74, 6) is 0.0758. The molecular formula is C14H19N3O2S. The van der Waals surface area contributed by atoms with E-state index in [0.717, 1.165) is 11.1 Å². The van der Waals surface area contributed by atoms with Gasteiger partial charge in [0.1, 0.15) is 0 Å². The minimum absolute atomic E-state index is 0.0758. The van der Waals surface area contributed by atoms with Crippen molar-refractivity contribution in [3.63, 3.8) is 0 Å². The second-order valence-corrected chi connectivity index (χ2v) is 6.59. The van der Waals surface area contributed by atoms with E-state index in [1.54, 1.807) is 6.07 Å². The van der Waals surface area contributed by atoms with E-state index in [-0.39, 0.29) is 5.75 Å². The Kier molecular flexibility index (Phi) is 4.57. The number of hydrogen-bond donors (Lipinski definition) is 2. The van der Waals surface area contributed by atoms with E-state index in [2.05, 4.69) is 9.71 Å². The van der Waals surface area contributed by atoms with Crippen LogP contribution in [0.2, 0.25) is 0 Å². The van der Waals surface area contributed by atoms with Crippen molar-refractivity contribution >= 4 is 26.6 Å². The standard InChI is InChI=1S/C14H19N3O2S/c1-11-7-8-12-5-4-6-13(14(12)16-11)17-20(18,19)10-3-2-9-15/h4-8,17H,2-3,9-10,15H2,1H3. The number of hydrogen-bond acceptors (Lipinski definition) is 4. The molecule has 1 aromatic carbocycles. The zero-order valence-corrected chi connectivity index (χ0v) is 12.3. The summed E-state index contributed by atoms with van der Waals surface area (Å²) in [6.07, 6.45) is 1.26. The topological polar surface area (TPSA) is 85.1 Å². The van der Waals surface area contributed by atoms with E-state index in [4.69, 9.17) is 5.73 Å². The minimum Gasteiger partial charge on any atom is -0.330 e. The van der Waals surface area contributed by atoms with Crippen LogP contribution in [0.1, 0.15) is 18.5 Å². The largest absolute Gasteiger partial charge is 0.330 e. The highest BCUT2D eigenvalue weighted by molar-refractivity contribution is 7.92. The molecule has 0 spiro atoms. The molecule has 0 aliphatic heterocycles. The number of sulfonamides is 1. The van der Waals surface area contributed by atoms with Crippen LogP contribution in [-0.2, 0) is 10.0 Å². The lowest BCUT2D eigenvalue weighted by Crippen LogP contribution is -2.17. The molecule has 0 saturated heterocycles. The van der Waals surface area contributed by atoms with Gasteiger partial charge in [-0.25, -0.2) is 8.42 Å². The normalized spacial score (nSPS) is 11.7. The van der Waals surface area contributed by atoms with Gasteiger partial charge in [0.25, 0.3) is 0 Å². The number of nitrogens with zero attached hydrogens (tertiary/aromatic N) is 1. The third kappa shape index (κ3) is 3.68. The summed E-state index contributed by atoms with van der Waals surface area (Å²) in [5.41, 5.74) is 7.43. The van der Waals surface area contributed by atoms with Crippen molar-refractivity contribution in [1.82, 2.24) is 4.98 Å². The Labute approximate surface area is 119 Å². The predicted molar refractivity (Wildman–Crippen MR) is 82.2 cm³/mol. The van der Waals surface area contributed by atoms with Crippen LogP contribution in [0.15, 0.2) is 30.3 Å². The minimum atomic E-state index is -3.36. The molecule has 0 aliphatic rings. The molecule has 1 heterocycles. The molecule has 2 aromatic rings.